The van der Waals surface area contributed by atoms with Crippen molar-refractivity contribution in [2.24, 2.45) is 0 Å². The van der Waals surface area contributed by atoms with E-state index in [9.17, 15) is 0 Å². The average molecular weight is 232 g/mol. The Morgan fingerprint density at radius 3 is 2.94 bits per heavy atom. The summed E-state index contributed by atoms with van der Waals surface area (Å²) >= 11 is 0. The van der Waals surface area contributed by atoms with Crippen molar-refractivity contribution in [3.63, 3.8) is 0 Å². The highest BCUT2D eigenvalue weighted by atomic mass is 16.2. The third kappa shape index (κ3) is 3.35. The molecule has 2 heterocycles. The van der Waals surface area contributed by atoms with Crippen LogP contribution in [-0.4, -0.2) is 31.7 Å². The van der Waals surface area contributed by atoms with Crippen LogP contribution in [0.15, 0.2) is 24.4 Å². The molecule has 90 valence electrons. The van der Waals surface area contributed by atoms with Crippen molar-refractivity contribution >= 4 is 0 Å². The molecule has 0 saturated carbocycles. The normalized spacial score (nSPS) is 10.7. The second-order valence-electron chi connectivity index (χ2n) is 4.00. The van der Waals surface area contributed by atoms with Crippen LogP contribution in [0.1, 0.15) is 23.5 Å². The number of rotatable bonds is 5. The molecular weight excluding hydrogens is 216 g/mol. The number of nitrogens with zero attached hydrogens (tertiary/aromatic N) is 4. The van der Waals surface area contributed by atoms with Crippen molar-refractivity contribution in [2.75, 3.05) is 6.61 Å². The topological polar surface area (TPSA) is 63.8 Å². The highest BCUT2D eigenvalue weighted by Crippen LogP contribution is 2.02. The molecule has 5 heteroatoms. The number of aliphatic hydroxyl groups is 1. The zero-order chi connectivity index (χ0) is 12.1. The molecule has 5 nitrogen and oxygen atoms in total. The van der Waals surface area contributed by atoms with E-state index in [2.05, 4.69) is 15.3 Å². The maximum absolute atomic E-state index is 8.74. The van der Waals surface area contributed by atoms with E-state index in [0.717, 1.165) is 29.9 Å². The van der Waals surface area contributed by atoms with E-state index in [0.29, 0.717) is 6.54 Å². The van der Waals surface area contributed by atoms with Crippen LogP contribution in [-0.2, 0) is 13.0 Å². The van der Waals surface area contributed by atoms with Gasteiger partial charge in [-0.15, -0.1) is 5.10 Å². The smallest absolute Gasteiger partial charge is 0.0849 e. The minimum Gasteiger partial charge on any atom is -0.396 e. The van der Waals surface area contributed by atoms with Crippen molar-refractivity contribution in [3.05, 3.63) is 41.5 Å². The van der Waals surface area contributed by atoms with Crippen molar-refractivity contribution in [1.82, 2.24) is 20.0 Å². The molecule has 2 rings (SSSR count). The van der Waals surface area contributed by atoms with Gasteiger partial charge in [0, 0.05) is 18.5 Å². The van der Waals surface area contributed by atoms with Gasteiger partial charge in [0.15, 0.2) is 0 Å². The van der Waals surface area contributed by atoms with Gasteiger partial charge in [0.25, 0.3) is 0 Å². The molecule has 0 saturated heterocycles. The Hall–Kier alpha value is -1.75. The zero-order valence-electron chi connectivity index (χ0n) is 9.87. The predicted molar refractivity (Wildman–Crippen MR) is 63.5 cm³/mol. The van der Waals surface area contributed by atoms with Crippen molar-refractivity contribution in [3.8, 4) is 0 Å². The van der Waals surface area contributed by atoms with Gasteiger partial charge in [-0.3, -0.25) is 4.98 Å². The second-order valence-corrected chi connectivity index (χ2v) is 4.00. The number of pyridine rings is 1. The van der Waals surface area contributed by atoms with Crippen LogP contribution in [0.4, 0.5) is 0 Å². The summed E-state index contributed by atoms with van der Waals surface area (Å²) in [7, 11) is 0. The van der Waals surface area contributed by atoms with Crippen LogP contribution in [0, 0.1) is 6.92 Å². The molecular formula is C12H16N4O. The van der Waals surface area contributed by atoms with Gasteiger partial charge >= 0.3 is 0 Å². The minimum absolute atomic E-state index is 0.187. The van der Waals surface area contributed by atoms with Crippen LogP contribution in [0.25, 0.3) is 0 Å². The fraction of sp³-hybridized carbons (Fsp3) is 0.417. The molecule has 2 aromatic heterocycles. The summed E-state index contributed by atoms with van der Waals surface area (Å²) in [6, 6.07) is 5.93. The lowest BCUT2D eigenvalue weighted by molar-refractivity contribution is 0.288. The molecule has 0 aliphatic carbocycles. The second kappa shape index (κ2) is 5.54. The van der Waals surface area contributed by atoms with Gasteiger partial charge in [-0.05, 0) is 31.9 Å². The third-order valence-corrected chi connectivity index (χ3v) is 2.45. The zero-order valence-corrected chi connectivity index (χ0v) is 9.87. The van der Waals surface area contributed by atoms with Crippen LogP contribution >= 0.6 is 0 Å². The fourth-order valence-corrected chi connectivity index (χ4v) is 1.64. The molecule has 0 aromatic carbocycles. The van der Waals surface area contributed by atoms with Crippen molar-refractivity contribution < 1.29 is 5.11 Å². The molecule has 0 atom stereocenters. The maximum atomic E-state index is 8.74. The minimum atomic E-state index is 0.187. The van der Waals surface area contributed by atoms with E-state index in [-0.39, 0.29) is 6.61 Å². The van der Waals surface area contributed by atoms with Crippen LogP contribution < -0.4 is 0 Å². The summed E-state index contributed by atoms with van der Waals surface area (Å²) in [6.07, 6.45) is 3.39. The van der Waals surface area contributed by atoms with Gasteiger partial charge in [-0.25, -0.2) is 4.68 Å². The van der Waals surface area contributed by atoms with E-state index in [1.54, 1.807) is 4.68 Å². The summed E-state index contributed by atoms with van der Waals surface area (Å²) in [5, 5.41) is 16.8. The molecule has 17 heavy (non-hydrogen) atoms. The fourth-order valence-electron chi connectivity index (χ4n) is 1.64. The first-order valence-electron chi connectivity index (χ1n) is 5.70. The van der Waals surface area contributed by atoms with E-state index >= 15 is 0 Å². The van der Waals surface area contributed by atoms with Crippen molar-refractivity contribution in [2.45, 2.75) is 26.3 Å². The Labute approximate surface area is 100 Å². The summed E-state index contributed by atoms with van der Waals surface area (Å²) < 4.78 is 1.77. The van der Waals surface area contributed by atoms with Crippen LogP contribution in [0.5, 0.6) is 0 Å². The standard InChI is InChI=1S/C12H16N4O/c1-10-4-2-5-11(13-10)8-16-9-12(14-15-16)6-3-7-17/h2,4-5,9,17H,3,6-8H2,1H3. The molecule has 0 aliphatic heterocycles. The van der Waals surface area contributed by atoms with Gasteiger partial charge in [-0.1, -0.05) is 11.3 Å². The lowest BCUT2D eigenvalue weighted by Crippen LogP contribution is -2.03. The highest BCUT2D eigenvalue weighted by Gasteiger charge is 2.02. The highest BCUT2D eigenvalue weighted by molar-refractivity contribution is 5.10. The maximum Gasteiger partial charge on any atom is 0.0849 e. The van der Waals surface area contributed by atoms with Gasteiger partial charge in [-0.2, -0.15) is 0 Å². The van der Waals surface area contributed by atoms with E-state index in [1.165, 1.54) is 0 Å². The SMILES string of the molecule is Cc1cccc(Cn2cc(CCCO)nn2)n1. The molecule has 0 fully saturated rings. The molecule has 0 aliphatic rings. The summed E-state index contributed by atoms with van der Waals surface area (Å²) in [5.74, 6) is 0. The van der Waals surface area contributed by atoms with E-state index in [1.807, 2.05) is 31.3 Å². The molecule has 0 amide bonds. The number of aromatic nitrogens is 4. The van der Waals surface area contributed by atoms with Gasteiger partial charge in [0.2, 0.25) is 0 Å². The number of hydrogen-bond donors (Lipinski definition) is 1. The lowest BCUT2D eigenvalue weighted by Gasteiger charge is -2.00. The summed E-state index contributed by atoms with van der Waals surface area (Å²) in [4.78, 5) is 4.41. The van der Waals surface area contributed by atoms with Crippen LogP contribution in [0.2, 0.25) is 0 Å². The Kier molecular flexibility index (Phi) is 3.82. The first kappa shape index (κ1) is 11.7. The van der Waals surface area contributed by atoms with E-state index < -0.39 is 0 Å². The van der Waals surface area contributed by atoms with Crippen LogP contribution in [0.3, 0.4) is 0 Å². The van der Waals surface area contributed by atoms with Gasteiger partial charge < -0.3 is 5.11 Å². The first-order valence-corrected chi connectivity index (χ1v) is 5.70. The largest absolute Gasteiger partial charge is 0.396 e. The number of aliphatic hydroxyl groups excluding tert-OH is 1. The third-order valence-electron chi connectivity index (χ3n) is 2.45. The van der Waals surface area contributed by atoms with Gasteiger partial charge in [0.05, 0.1) is 17.9 Å². The quantitative estimate of drug-likeness (QED) is 0.833. The molecule has 1 N–H and O–H groups in total. The molecule has 0 radical (unpaired) electrons. The van der Waals surface area contributed by atoms with Gasteiger partial charge in [0.1, 0.15) is 0 Å². The molecule has 0 spiro atoms. The Balaban J connectivity index is 2.01. The van der Waals surface area contributed by atoms with E-state index in [4.69, 9.17) is 5.11 Å². The first-order chi connectivity index (χ1) is 8.28. The lowest BCUT2D eigenvalue weighted by atomic mass is 10.2. The Morgan fingerprint density at radius 2 is 2.18 bits per heavy atom. The number of aryl methyl sites for hydroxylation is 2. The number of hydrogen-bond acceptors (Lipinski definition) is 4. The molecule has 2 aromatic rings. The Morgan fingerprint density at radius 1 is 1.29 bits per heavy atom. The van der Waals surface area contributed by atoms with Crippen molar-refractivity contribution in [1.29, 1.82) is 0 Å². The molecule has 0 bridgehead atoms. The monoisotopic (exact) mass is 232 g/mol. The Bertz CT molecular complexity index is 481. The predicted octanol–water partition coefficient (Wildman–Crippen LogP) is 0.955. The summed E-state index contributed by atoms with van der Waals surface area (Å²) in [6.45, 7) is 2.79. The average Bonchev–Trinajstić information content (AvgIpc) is 2.74. The summed E-state index contributed by atoms with van der Waals surface area (Å²) in [5.41, 5.74) is 2.89. The molecule has 0 unspecified atom stereocenters.